The minimum Gasteiger partial charge on any atom is -0.483 e. The van der Waals surface area contributed by atoms with Gasteiger partial charge in [-0.2, -0.15) is 0 Å². The molecule has 2 aromatic carbocycles. The number of furan rings is 1. The molecule has 0 aliphatic rings. The average molecular weight is 260 g/mol. The Morgan fingerprint density at radius 3 is 2.68 bits per heavy atom. The third kappa shape index (κ3) is 2.42. The van der Waals surface area contributed by atoms with Crippen LogP contribution in [-0.4, -0.2) is 0 Å². The fraction of sp³-hybridized carbons (Fsp3) is 0.0667. The number of fused-ring (bicyclic) bond motifs is 1. The highest BCUT2D eigenvalue weighted by molar-refractivity contribution is 5.77. The molecule has 2 nitrogen and oxygen atoms in total. The molecule has 0 saturated carbocycles. The first-order chi connectivity index (χ1) is 9.22. The van der Waals surface area contributed by atoms with Gasteiger partial charge in [0, 0.05) is 11.5 Å². The van der Waals surface area contributed by atoms with Crippen LogP contribution in [0.15, 0.2) is 52.9 Å². The third-order valence-corrected chi connectivity index (χ3v) is 2.74. The van der Waals surface area contributed by atoms with Crippen molar-refractivity contribution >= 4 is 11.0 Å². The Bertz CT molecular complexity index is 719. The second-order valence-electron chi connectivity index (χ2n) is 4.11. The van der Waals surface area contributed by atoms with Crippen molar-refractivity contribution in [2.24, 2.45) is 0 Å². The van der Waals surface area contributed by atoms with Crippen LogP contribution in [-0.2, 0) is 6.61 Å². The molecule has 3 aromatic rings. The largest absolute Gasteiger partial charge is 0.483 e. The fourth-order valence-corrected chi connectivity index (χ4v) is 1.84. The molecule has 1 aromatic heterocycles. The summed E-state index contributed by atoms with van der Waals surface area (Å²) < 4.78 is 37.1. The fourth-order valence-electron chi connectivity index (χ4n) is 1.84. The Balaban J connectivity index is 1.80. The number of rotatable bonds is 3. The van der Waals surface area contributed by atoms with E-state index < -0.39 is 5.82 Å². The topological polar surface area (TPSA) is 22.4 Å². The van der Waals surface area contributed by atoms with Crippen LogP contribution in [0.4, 0.5) is 8.78 Å². The van der Waals surface area contributed by atoms with Gasteiger partial charge in [-0.15, -0.1) is 0 Å². The van der Waals surface area contributed by atoms with E-state index in [4.69, 9.17) is 9.15 Å². The molecule has 0 spiro atoms. The van der Waals surface area contributed by atoms with Crippen LogP contribution in [0.1, 0.15) is 5.76 Å². The SMILES string of the molecule is Fc1ccc2cc(COc3ccccc3F)oc2c1. The highest BCUT2D eigenvalue weighted by atomic mass is 19.1. The molecule has 0 N–H and O–H groups in total. The van der Waals surface area contributed by atoms with Gasteiger partial charge in [-0.1, -0.05) is 12.1 Å². The van der Waals surface area contributed by atoms with Crippen molar-refractivity contribution in [3.8, 4) is 5.75 Å². The quantitative estimate of drug-likeness (QED) is 0.701. The predicted molar refractivity (Wildman–Crippen MR) is 66.9 cm³/mol. The molecule has 0 fully saturated rings. The van der Waals surface area contributed by atoms with E-state index in [2.05, 4.69) is 0 Å². The van der Waals surface area contributed by atoms with E-state index in [0.29, 0.717) is 11.3 Å². The lowest BCUT2D eigenvalue weighted by molar-refractivity contribution is 0.262. The summed E-state index contributed by atoms with van der Waals surface area (Å²) in [5.41, 5.74) is 0.451. The van der Waals surface area contributed by atoms with Crippen LogP contribution in [0.2, 0.25) is 0 Å². The van der Waals surface area contributed by atoms with E-state index in [1.165, 1.54) is 24.3 Å². The molecule has 0 unspecified atom stereocenters. The molecular formula is C15H10F2O2. The van der Waals surface area contributed by atoms with Crippen LogP contribution in [0.3, 0.4) is 0 Å². The molecule has 0 aliphatic heterocycles. The van der Waals surface area contributed by atoms with Crippen LogP contribution in [0.25, 0.3) is 11.0 Å². The van der Waals surface area contributed by atoms with Gasteiger partial charge in [0.25, 0.3) is 0 Å². The van der Waals surface area contributed by atoms with Gasteiger partial charge in [-0.05, 0) is 30.3 Å². The Morgan fingerprint density at radius 2 is 1.84 bits per heavy atom. The van der Waals surface area contributed by atoms with Crippen molar-refractivity contribution in [3.63, 3.8) is 0 Å². The van der Waals surface area contributed by atoms with Gasteiger partial charge in [-0.3, -0.25) is 0 Å². The van der Waals surface area contributed by atoms with Crippen molar-refractivity contribution in [1.29, 1.82) is 0 Å². The number of ether oxygens (including phenoxy) is 1. The molecule has 1 heterocycles. The molecule has 0 bridgehead atoms. The van der Waals surface area contributed by atoms with Crippen LogP contribution < -0.4 is 4.74 Å². The highest BCUT2D eigenvalue weighted by Gasteiger charge is 2.07. The Hall–Kier alpha value is -2.36. The first-order valence-corrected chi connectivity index (χ1v) is 5.78. The Kier molecular flexibility index (Phi) is 2.91. The zero-order valence-electron chi connectivity index (χ0n) is 9.90. The van der Waals surface area contributed by atoms with E-state index in [1.807, 2.05) is 0 Å². The van der Waals surface area contributed by atoms with E-state index in [1.54, 1.807) is 24.3 Å². The lowest BCUT2D eigenvalue weighted by Gasteiger charge is -2.04. The minimum absolute atomic E-state index is 0.0945. The lowest BCUT2D eigenvalue weighted by Crippen LogP contribution is -1.95. The van der Waals surface area contributed by atoms with Gasteiger partial charge in [0.2, 0.25) is 0 Å². The van der Waals surface area contributed by atoms with Crippen LogP contribution in [0.5, 0.6) is 5.75 Å². The molecule has 3 rings (SSSR count). The van der Waals surface area contributed by atoms with Crippen LogP contribution >= 0.6 is 0 Å². The summed E-state index contributed by atoms with van der Waals surface area (Å²) in [6.45, 7) is 0.0945. The summed E-state index contributed by atoms with van der Waals surface area (Å²) in [7, 11) is 0. The second kappa shape index (κ2) is 4.72. The first kappa shape index (κ1) is 11.7. The van der Waals surface area contributed by atoms with Gasteiger partial charge < -0.3 is 9.15 Å². The molecule has 96 valence electrons. The smallest absolute Gasteiger partial charge is 0.165 e. The molecule has 0 radical (unpaired) electrons. The monoisotopic (exact) mass is 260 g/mol. The van der Waals surface area contributed by atoms with Crippen molar-refractivity contribution in [2.45, 2.75) is 6.61 Å². The minimum atomic E-state index is -0.426. The Morgan fingerprint density at radius 1 is 1.00 bits per heavy atom. The van der Waals surface area contributed by atoms with E-state index in [-0.39, 0.29) is 18.2 Å². The molecule has 4 heteroatoms. The van der Waals surface area contributed by atoms with Crippen molar-refractivity contribution in [1.82, 2.24) is 0 Å². The summed E-state index contributed by atoms with van der Waals surface area (Å²) in [6.07, 6.45) is 0. The number of hydrogen-bond acceptors (Lipinski definition) is 2. The Labute approximate surface area is 108 Å². The number of para-hydroxylation sites is 1. The molecule has 0 saturated heterocycles. The lowest BCUT2D eigenvalue weighted by atomic mass is 10.2. The summed E-state index contributed by atoms with van der Waals surface area (Å²) in [5.74, 6) is -0.105. The summed E-state index contributed by atoms with van der Waals surface area (Å²) in [6, 6.07) is 12.2. The highest BCUT2D eigenvalue weighted by Crippen LogP contribution is 2.22. The van der Waals surface area contributed by atoms with Crippen molar-refractivity contribution < 1.29 is 17.9 Å². The molecular weight excluding hydrogens is 250 g/mol. The summed E-state index contributed by atoms with van der Waals surface area (Å²) >= 11 is 0. The maximum Gasteiger partial charge on any atom is 0.165 e. The van der Waals surface area contributed by atoms with E-state index >= 15 is 0 Å². The van der Waals surface area contributed by atoms with Crippen molar-refractivity contribution in [2.75, 3.05) is 0 Å². The number of halogens is 2. The van der Waals surface area contributed by atoms with Gasteiger partial charge in [0.15, 0.2) is 11.6 Å². The van der Waals surface area contributed by atoms with Crippen LogP contribution in [0, 0.1) is 11.6 Å². The summed E-state index contributed by atoms with van der Waals surface area (Å²) in [5, 5.41) is 0.786. The van der Waals surface area contributed by atoms with E-state index in [0.717, 1.165) is 5.39 Å². The number of hydrogen-bond donors (Lipinski definition) is 0. The number of benzene rings is 2. The van der Waals surface area contributed by atoms with Gasteiger partial charge in [0.05, 0.1) is 0 Å². The van der Waals surface area contributed by atoms with E-state index in [9.17, 15) is 8.78 Å². The maximum atomic E-state index is 13.3. The molecule has 0 atom stereocenters. The normalized spacial score (nSPS) is 10.8. The standard InChI is InChI=1S/C15H10F2O2/c16-11-6-5-10-7-12(19-15(10)8-11)9-18-14-4-2-1-3-13(14)17/h1-8H,9H2. The zero-order valence-corrected chi connectivity index (χ0v) is 9.90. The molecule has 0 amide bonds. The van der Waals surface area contributed by atoms with Gasteiger partial charge >= 0.3 is 0 Å². The molecule has 0 aliphatic carbocycles. The average Bonchev–Trinajstić information content (AvgIpc) is 2.79. The maximum absolute atomic E-state index is 13.3. The third-order valence-electron chi connectivity index (χ3n) is 2.74. The second-order valence-corrected chi connectivity index (χ2v) is 4.11. The van der Waals surface area contributed by atoms with Gasteiger partial charge in [0.1, 0.15) is 23.8 Å². The van der Waals surface area contributed by atoms with Crippen molar-refractivity contribution in [3.05, 3.63) is 65.9 Å². The first-order valence-electron chi connectivity index (χ1n) is 5.78. The summed E-state index contributed by atoms with van der Waals surface area (Å²) in [4.78, 5) is 0. The molecule has 19 heavy (non-hydrogen) atoms. The van der Waals surface area contributed by atoms with Gasteiger partial charge in [-0.25, -0.2) is 8.78 Å². The predicted octanol–water partition coefficient (Wildman–Crippen LogP) is 4.29. The zero-order chi connectivity index (χ0) is 13.2.